The van der Waals surface area contributed by atoms with Crippen molar-refractivity contribution in [1.29, 1.82) is 0 Å². The summed E-state index contributed by atoms with van der Waals surface area (Å²) in [5.41, 5.74) is 1.21. The molecular weight excluding hydrogens is 218 g/mol. The normalized spacial score (nSPS) is 17.0. The zero-order chi connectivity index (χ0) is 12.3. The van der Waals surface area contributed by atoms with Crippen molar-refractivity contribution in [2.45, 2.75) is 39.2 Å². The van der Waals surface area contributed by atoms with Gasteiger partial charge in [0.2, 0.25) is 5.76 Å². The van der Waals surface area contributed by atoms with Crippen LogP contribution in [0.25, 0.3) is 0 Å². The Bertz CT molecular complexity index is 393. The number of carbonyl (C=O) groups is 1. The summed E-state index contributed by atoms with van der Waals surface area (Å²) in [7, 11) is 0. The number of hydrogen-bond donors (Lipinski definition) is 2. The number of rotatable bonds is 7. The van der Waals surface area contributed by atoms with Crippen molar-refractivity contribution in [1.82, 2.24) is 5.32 Å². The van der Waals surface area contributed by atoms with E-state index in [1.807, 2.05) is 0 Å². The van der Waals surface area contributed by atoms with Gasteiger partial charge in [-0.25, -0.2) is 4.79 Å². The van der Waals surface area contributed by atoms with Gasteiger partial charge in [-0.3, -0.25) is 0 Å². The highest BCUT2D eigenvalue weighted by Gasteiger charge is 2.40. The molecule has 1 saturated carbocycles. The van der Waals surface area contributed by atoms with E-state index in [1.54, 1.807) is 6.07 Å². The van der Waals surface area contributed by atoms with Crippen molar-refractivity contribution < 1.29 is 14.3 Å². The number of nitrogens with one attached hydrogen (secondary N) is 1. The van der Waals surface area contributed by atoms with Gasteiger partial charge >= 0.3 is 5.97 Å². The van der Waals surface area contributed by atoms with Crippen LogP contribution in [0.15, 0.2) is 16.7 Å². The molecule has 4 nitrogen and oxygen atoms in total. The number of hydrogen-bond acceptors (Lipinski definition) is 3. The predicted molar refractivity (Wildman–Crippen MR) is 63.9 cm³/mol. The van der Waals surface area contributed by atoms with Crippen LogP contribution in [0.3, 0.4) is 0 Å². The zero-order valence-electron chi connectivity index (χ0n) is 10.2. The molecule has 0 unspecified atom stereocenters. The Morgan fingerprint density at radius 1 is 1.59 bits per heavy atom. The van der Waals surface area contributed by atoms with E-state index in [0.717, 1.165) is 12.1 Å². The monoisotopic (exact) mass is 237 g/mol. The van der Waals surface area contributed by atoms with Crippen LogP contribution in [0.4, 0.5) is 0 Å². The fourth-order valence-electron chi connectivity index (χ4n) is 2.35. The maximum absolute atomic E-state index is 10.8. The lowest BCUT2D eigenvalue weighted by molar-refractivity contribution is 0.0660. The summed E-state index contributed by atoms with van der Waals surface area (Å²) < 4.78 is 4.93. The van der Waals surface area contributed by atoms with Crippen molar-refractivity contribution in [2.24, 2.45) is 5.41 Å². The molecule has 2 N–H and O–H groups in total. The maximum atomic E-state index is 10.8. The van der Waals surface area contributed by atoms with Gasteiger partial charge in [-0.1, -0.05) is 13.3 Å². The van der Waals surface area contributed by atoms with E-state index in [9.17, 15) is 4.79 Å². The standard InChI is InChI=1S/C13H19NO3/c1-2-4-13(5-6-13)9-14-8-10-3-7-17-11(10)12(15)16/h3,7,14H,2,4-6,8-9H2,1H3,(H,15,16). The molecular formula is C13H19NO3. The van der Waals surface area contributed by atoms with Crippen molar-refractivity contribution in [3.05, 3.63) is 23.7 Å². The first-order valence-corrected chi connectivity index (χ1v) is 6.17. The van der Waals surface area contributed by atoms with Gasteiger partial charge in [0.25, 0.3) is 0 Å². The average Bonchev–Trinajstić information content (AvgIpc) is 2.88. The molecule has 1 heterocycles. The predicted octanol–water partition coefficient (Wildman–Crippen LogP) is 2.65. The average molecular weight is 237 g/mol. The summed E-state index contributed by atoms with van der Waals surface area (Å²) in [5.74, 6) is -0.945. The van der Waals surface area contributed by atoms with Crippen LogP contribution in [0.1, 0.15) is 48.7 Å². The lowest BCUT2D eigenvalue weighted by atomic mass is 10.0. The lowest BCUT2D eigenvalue weighted by Crippen LogP contribution is -2.24. The van der Waals surface area contributed by atoms with E-state index in [1.165, 1.54) is 31.9 Å². The topological polar surface area (TPSA) is 62.5 Å². The third kappa shape index (κ3) is 2.88. The third-order valence-electron chi connectivity index (χ3n) is 3.49. The van der Waals surface area contributed by atoms with E-state index >= 15 is 0 Å². The number of carboxylic acid groups (broad SMARTS) is 1. The van der Waals surface area contributed by atoms with Crippen molar-refractivity contribution in [3.8, 4) is 0 Å². The van der Waals surface area contributed by atoms with Crippen LogP contribution in [-0.4, -0.2) is 17.6 Å². The molecule has 1 aromatic heterocycles. The van der Waals surface area contributed by atoms with Crippen molar-refractivity contribution in [2.75, 3.05) is 6.54 Å². The second-order valence-electron chi connectivity index (χ2n) is 4.93. The second-order valence-corrected chi connectivity index (χ2v) is 4.93. The van der Waals surface area contributed by atoms with Crippen LogP contribution in [0.5, 0.6) is 0 Å². The second kappa shape index (κ2) is 4.92. The lowest BCUT2D eigenvalue weighted by Gasteiger charge is -2.14. The summed E-state index contributed by atoms with van der Waals surface area (Å²) >= 11 is 0. The summed E-state index contributed by atoms with van der Waals surface area (Å²) in [6, 6.07) is 1.72. The highest BCUT2D eigenvalue weighted by Crippen LogP contribution is 2.48. The molecule has 4 heteroatoms. The minimum Gasteiger partial charge on any atom is -0.475 e. The summed E-state index contributed by atoms with van der Waals surface area (Å²) in [5, 5.41) is 12.2. The highest BCUT2D eigenvalue weighted by molar-refractivity contribution is 5.86. The van der Waals surface area contributed by atoms with Crippen LogP contribution in [0.2, 0.25) is 0 Å². The molecule has 0 radical (unpaired) electrons. The maximum Gasteiger partial charge on any atom is 0.372 e. The fraction of sp³-hybridized carbons (Fsp3) is 0.615. The van der Waals surface area contributed by atoms with Crippen LogP contribution in [0, 0.1) is 5.41 Å². The van der Waals surface area contributed by atoms with Gasteiger partial charge in [-0.05, 0) is 30.7 Å². The van der Waals surface area contributed by atoms with Crippen molar-refractivity contribution >= 4 is 5.97 Å². The molecule has 0 saturated heterocycles. The smallest absolute Gasteiger partial charge is 0.372 e. The largest absolute Gasteiger partial charge is 0.475 e. The summed E-state index contributed by atoms with van der Waals surface area (Å²) in [4.78, 5) is 10.8. The Labute approximate surface area is 101 Å². The molecule has 1 aliphatic rings. The van der Waals surface area contributed by atoms with Gasteiger partial charge in [0.05, 0.1) is 6.26 Å². The Hall–Kier alpha value is -1.29. The Morgan fingerprint density at radius 2 is 2.35 bits per heavy atom. The van der Waals surface area contributed by atoms with E-state index in [0.29, 0.717) is 12.0 Å². The number of carboxylic acids is 1. The Kier molecular flexibility index (Phi) is 3.52. The van der Waals surface area contributed by atoms with Gasteiger partial charge in [0.1, 0.15) is 0 Å². The fourth-order valence-corrected chi connectivity index (χ4v) is 2.35. The van der Waals surface area contributed by atoms with Gasteiger partial charge in [-0.15, -0.1) is 0 Å². The van der Waals surface area contributed by atoms with Gasteiger partial charge in [0, 0.05) is 18.7 Å². The number of furan rings is 1. The molecule has 94 valence electrons. The van der Waals surface area contributed by atoms with Crippen LogP contribution < -0.4 is 5.32 Å². The molecule has 2 rings (SSSR count). The Morgan fingerprint density at radius 3 is 2.94 bits per heavy atom. The molecule has 0 aliphatic heterocycles. The minimum atomic E-state index is -0.999. The Balaban J connectivity index is 1.82. The first-order valence-electron chi connectivity index (χ1n) is 6.17. The molecule has 0 spiro atoms. The zero-order valence-corrected chi connectivity index (χ0v) is 10.2. The molecule has 0 atom stereocenters. The van der Waals surface area contributed by atoms with E-state index in [2.05, 4.69) is 12.2 Å². The first kappa shape index (κ1) is 12.2. The molecule has 0 bridgehead atoms. The van der Waals surface area contributed by atoms with Gasteiger partial charge < -0.3 is 14.8 Å². The van der Waals surface area contributed by atoms with Crippen LogP contribution >= 0.6 is 0 Å². The van der Waals surface area contributed by atoms with E-state index in [-0.39, 0.29) is 5.76 Å². The van der Waals surface area contributed by atoms with Crippen LogP contribution in [-0.2, 0) is 6.54 Å². The van der Waals surface area contributed by atoms with E-state index < -0.39 is 5.97 Å². The summed E-state index contributed by atoms with van der Waals surface area (Å²) in [6.45, 7) is 3.76. The summed E-state index contributed by atoms with van der Waals surface area (Å²) in [6.07, 6.45) is 6.50. The SMILES string of the molecule is CCCC1(CNCc2ccoc2C(=O)O)CC1. The minimum absolute atomic E-state index is 0.0536. The van der Waals surface area contributed by atoms with E-state index in [4.69, 9.17) is 9.52 Å². The number of aromatic carboxylic acids is 1. The first-order chi connectivity index (χ1) is 8.17. The van der Waals surface area contributed by atoms with Crippen molar-refractivity contribution in [3.63, 3.8) is 0 Å². The molecule has 0 aromatic carbocycles. The highest BCUT2D eigenvalue weighted by atomic mass is 16.4. The quantitative estimate of drug-likeness (QED) is 0.765. The van der Waals surface area contributed by atoms with Gasteiger partial charge in [-0.2, -0.15) is 0 Å². The van der Waals surface area contributed by atoms with Gasteiger partial charge in [0.15, 0.2) is 0 Å². The third-order valence-corrected chi connectivity index (χ3v) is 3.49. The molecule has 0 amide bonds. The molecule has 1 fully saturated rings. The molecule has 17 heavy (non-hydrogen) atoms. The molecule has 1 aliphatic carbocycles. The molecule has 1 aromatic rings.